The van der Waals surface area contributed by atoms with Gasteiger partial charge in [-0.15, -0.1) is 11.8 Å². The summed E-state index contributed by atoms with van der Waals surface area (Å²) in [6.45, 7) is 0.495. The van der Waals surface area contributed by atoms with E-state index in [1.165, 1.54) is 11.8 Å². The summed E-state index contributed by atoms with van der Waals surface area (Å²) in [5, 5.41) is 18.0. The molecule has 0 aliphatic heterocycles. The van der Waals surface area contributed by atoms with Gasteiger partial charge in [0, 0.05) is 12.7 Å². The number of nitrogens with zero attached hydrogens (tertiary/aromatic N) is 2. The van der Waals surface area contributed by atoms with Gasteiger partial charge in [0.15, 0.2) is 0 Å². The lowest BCUT2D eigenvalue weighted by atomic mass is 10.1. The van der Waals surface area contributed by atoms with Crippen molar-refractivity contribution in [2.45, 2.75) is 6.54 Å². The number of aromatic amines is 1. The van der Waals surface area contributed by atoms with Gasteiger partial charge in [-0.3, -0.25) is 9.89 Å². The zero-order chi connectivity index (χ0) is 14.2. The van der Waals surface area contributed by atoms with Crippen LogP contribution >= 0.6 is 11.8 Å². The molecule has 1 amide bonds. The van der Waals surface area contributed by atoms with Crippen molar-refractivity contribution in [1.82, 2.24) is 15.5 Å². The lowest BCUT2D eigenvalue weighted by Gasteiger charge is -2.05. The summed E-state index contributed by atoms with van der Waals surface area (Å²) in [5.41, 5.74) is 3.06. The van der Waals surface area contributed by atoms with Gasteiger partial charge in [0.05, 0.1) is 23.3 Å². The highest BCUT2D eigenvalue weighted by molar-refractivity contribution is 8.00. The number of nitriles is 1. The molecule has 102 valence electrons. The maximum Gasteiger partial charge on any atom is 0.230 e. The Kier molecular flexibility index (Phi) is 5.21. The predicted octanol–water partition coefficient (Wildman–Crippen LogP) is 1.95. The van der Waals surface area contributed by atoms with E-state index in [4.69, 9.17) is 5.26 Å². The van der Waals surface area contributed by atoms with Crippen LogP contribution in [-0.4, -0.2) is 27.6 Å². The van der Waals surface area contributed by atoms with Crippen LogP contribution in [0.25, 0.3) is 11.3 Å². The first-order valence-electron chi connectivity index (χ1n) is 6.09. The molecule has 0 unspecified atom stereocenters. The number of aromatic nitrogens is 2. The van der Waals surface area contributed by atoms with Crippen molar-refractivity contribution >= 4 is 17.7 Å². The summed E-state index contributed by atoms with van der Waals surface area (Å²) >= 11 is 1.31. The Bertz CT molecular complexity index is 587. The largest absolute Gasteiger partial charge is 0.351 e. The van der Waals surface area contributed by atoms with Gasteiger partial charge in [-0.25, -0.2) is 0 Å². The molecule has 0 aliphatic rings. The molecule has 5 nitrogen and oxygen atoms in total. The van der Waals surface area contributed by atoms with Gasteiger partial charge in [-0.05, 0) is 17.2 Å². The fraction of sp³-hybridized carbons (Fsp3) is 0.214. The average Bonchev–Trinajstić information content (AvgIpc) is 3.00. The molecule has 1 aromatic carbocycles. The molecule has 0 fully saturated rings. The van der Waals surface area contributed by atoms with E-state index >= 15 is 0 Å². The van der Waals surface area contributed by atoms with E-state index in [2.05, 4.69) is 15.5 Å². The molecule has 0 aliphatic carbocycles. The highest BCUT2D eigenvalue weighted by atomic mass is 32.2. The summed E-state index contributed by atoms with van der Waals surface area (Å²) in [4.78, 5) is 11.5. The number of benzene rings is 1. The van der Waals surface area contributed by atoms with Crippen LogP contribution in [0.15, 0.2) is 36.5 Å². The van der Waals surface area contributed by atoms with Crippen molar-refractivity contribution in [3.63, 3.8) is 0 Å². The second-order valence-corrected chi connectivity index (χ2v) is 5.08. The van der Waals surface area contributed by atoms with Crippen LogP contribution in [0, 0.1) is 11.3 Å². The zero-order valence-corrected chi connectivity index (χ0v) is 11.6. The van der Waals surface area contributed by atoms with Gasteiger partial charge in [0.1, 0.15) is 0 Å². The number of thioether (sulfide) groups is 1. The average molecular weight is 286 g/mol. The minimum absolute atomic E-state index is 0.0529. The number of hydrogen-bond donors (Lipinski definition) is 2. The van der Waals surface area contributed by atoms with Gasteiger partial charge in [0.25, 0.3) is 0 Å². The molecule has 2 aromatic rings. The number of carbonyl (C=O) groups excluding carboxylic acids is 1. The maximum absolute atomic E-state index is 11.5. The van der Waals surface area contributed by atoms with E-state index < -0.39 is 0 Å². The quantitative estimate of drug-likeness (QED) is 0.795. The standard InChI is InChI=1S/C14H14N4OS/c15-6-8-20-10-14(19)16-9-11-1-3-12(4-2-11)13-5-7-17-18-13/h1-5,7H,8-10H2,(H,16,19)(H,17,18). The van der Waals surface area contributed by atoms with Crippen molar-refractivity contribution in [2.24, 2.45) is 0 Å². The summed E-state index contributed by atoms with van der Waals surface area (Å²) in [6.07, 6.45) is 1.71. The Morgan fingerprint density at radius 1 is 1.35 bits per heavy atom. The Hall–Kier alpha value is -2.26. The molecule has 0 bridgehead atoms. The summed E-state index contributed by atoms with van der Waals surface area (Å²) in [6, 6.07) is 11.8. The van der Waals surface area contributed by atoms with E-state index in [-0.39, 0.29) is 5.91 Å². The lowest BCUT2D eigenvalue weighted by molar-refractivity contribution is -0.118. The monoisotopic (exact) mass is 286 g/mol. The second-order valence-electron chi connectivity index (χ2n) is 4.09. The van der Waals surface area contributed by atoms with Crippen LogP contribution in [0.3, 0.4) is 0 Å². The van der Waals surface area contributed by atoms with Gasteiger partial charge < -0.3 is 5.32 Å². The summed E-state index contributed by atoms with van der Waals surface area (Å²) < 4.78 is 0. The van der Waals surface area contributed by atoms with E-state index in [1.807, 2.05) is 36.4 Å². The normalized spacial score (nSPS) is 9.95. The summed E-state index contributed by atoms with van der Waals surface area (Å²) in [7, 11) is 0. The topological polar surface area (TPSA) is 81.6 Å². The minimum atomic E-state index is -0.0529. The van der Waals surface area contributed by atoms with Gasteiger partial charge in [0.2, 0.25) is 5.91 Å². The molecular weight excluding hydrogens is 272 g/mol. The number of nitrogens with one attached hydrogen (secondary N) is 2. The van der Waals surface area contributed by atoms with Gasteiger partial charge >= 0.3 is 0 Å². The second kappa shape index (κ2) is 7.36. The number of H-pyrrole nitrogens is 1. The molecule has 1 heterocycles. The molecule has 2 N–H and O–H groups in total. The van der Waals surface area contributed by atoms with Crippen LogP contribution in [0.2, 0.25) is 0 Å². The molecule has 1 aromatic heterocycles. The third-order valence-corrected chi connectivity index (χ3v) is 3.45. The number of amides is 1. The SMILES string of the molecule is N#CCSCC(=O)NCc1ccc(-c2ccn[nH]2)cc1. The molecule has 0 spiro atoms. The van der Waals surface area contributed by atoms with Crippen molar-refractivity contribution in [1.29, 1.82) is 5.26 Å². The molecule has 0 radical (unpaired) electrons. The van der Waals surface area contributed by atoms with Crippen LogP contribution in [0.4, 0.5) is 0 Å². The Morgan fingerprint density at radius 3 is 2.80 bits per heavy atom. The van der Waals surface area contributed by atoms with Crippen molar-refractivity contribution in [3.05, 3.63) is 42.1 Å². The fourth-order valence-electron chi connectivity index (χ4n) is 1.66. The third-order valence-electron chi connectivity index (χ3n) is 2.66. The molecule has 2 rings (SSSR count). The third kappa shape index (κ3) is 4.14. The van der Waals surface area contributed by atoms with E-state index in [0.29, 0.717) is 18.1 Å². The van der Waals surface area contributed by atoms with Crippen LogP contribution in [0.5, 0.6) is 0 Å². The van der Waals surface area contributed by atoms with Gasteiger partial charge in [-0.2, -0.15) is 10.4 Å². The number of carbonyl (C=O) groups is 1. The Balaban J connectivity index is 1.82. The van der Waals surface area contributed by atoms with Crippen LogP contribution in [0.1, 0.15) is 5.56 Å². The van der Waals surface area contributed by atoms with E-state index in [9.17, 15) is 4.79 Å². The van der Waals surface area contributed by atoms with E-state index in [0.717, 1.165) is 16.8 Å². The predicted molar refractivity (Wildman–Crippen MR) is 78.8 cm³/mol. The number of hydrogen-bond acceptors (Lipinski definition) is 4. The van der Waals surface area contributed by atoms with Crippen molar-refractivity contribution in [3.8, 4) is 17.3 Å². The number of rotatable bonds is 6. The molecule has 0 saturated carbocycles. The molecule has 0 atom stereocenters. The van der Waals surface area contributed by atoms with E-state index in [1.54, 1.807) is 6.20 Å². The maximum atomic E-state index is 11.5. The van der Waals surface area contributed by atoms with Crippen molar-refractivity contribution in [2.75, 3.05) is 11.5 Å². The first kappa shape index (κ1) is 14.2. The molecular formula is C14H14N4OS. The highest BCUT2D eigenvalue weighted by Gasteiger charge is 2.02. The minimum Gasteiger partial charge on any atom is -0.351 e. The first-order valence-corrected chi connectivity index (χ1v) is 7.25. The summed E-state index contributed by atoms with van der Waals surface area (Å²) in [5.74, 6) is 0.606. The molecule has 20 heavy (non-hydrogen) atoms. The Morgan fingerprint density at radius 2 is 2.15 bits per heavy atom. The molecule has 6 heteroatoms. The lowest BCUT2D eigenvalue weighted by Crippen LogP contribution is -2.24. The first-order chi connectivity index (χ1) is 9.79. The molecule has 0 saturated heterocycles. The van der Waals surface area contributed by atoms with Crippen LogP contribution < -0.4 is 5.32 Å². The Labute approximate surface area is 121 Å². The van der Waals surface area contributed by atoms with Gasteiger partial charge in [-0.1, -0.05) is 24.3 Å². The smallest absolute Gasteiger partial charge is 0.230 e. The fourth-order valence-corrected chi connectivity index (χ4v) is 2.14. The van der Waals surface area contributed by atoms with Crippen LogP contribution in [-0.2, 0) is 11.3 Å². The van der Waals surface area contributed by atoms with Crippen molar-refractivity contribution < 1.29 is 4.79 Å². The zero-order valence-electron chi connectivity index (χ0n) is 10.8. The highest BCUT2D eigenvalue weighted by Crippen LogP contribution is 2.16.